The molecular formula is C22H24Cl2F3NO5. The normalized spacial score (nSPS) is 15.0. The Hall–Kier alpha value is -2.23. The van der Waals surface area contributed by atoms with Crippen LogP contribution in [-0.2, 0) is 22.2 Å². The Morgan fingerprint density at radius 2 is 1.76 bits per heavy atom. The van der Waals surface area contributed by atoms with Gasteiger partial charge in [0.15, 0.2) is 11.2 Å². The molecule has 1 aromatic heterocycles. The van der Waals surface area contributed by atoms with Crippen LogP contribution in [0.1, 0.15) is 44.7 Å². The number of carbonyl (C=O) groups is 1. The quantitative estimate of drug-likeness (QED) is 0.533. The SMILES string of the molecule is CCOC(=O)C(C)(C)Oc1ccc(C(C)C(O)(c2ccc(=O)n(C)c2)C(F)(F)F)c(Cl)c1Cl. The molecule has 0 fully saturated rings. The number of nitrogens with zero attached hydrogens (tertiary/aromatic N) is 1. The Morgan fingerprint density at radius 3 is 2.27 bits per heavy atom. The van der Waals surface area contributed by atoms with Gasteiger partial charge in [0.05, 0.1) is 11.6 Å². The van der Waals surface area contributed by atoms with Crippen molar-refractivity contribution in [1.29, 1.82) is 0 Å². The molecule has 0 aliphatic heterocycles. The number of benzene rings is 1. The van der Waals surface area contributed by atoms with Crippen molar-refractivity contribution >= 4 is 29.2 Å². The minimum Gasteiger partial charge on any atom is -0.475 e. The van der Waals surface area contributed by atoms with Gasteiger partial charge < -0.3 is 19.1 Å². The first-order valence-electron chi connectivity index (χ1n) is 9.88. The van der Waals surface area contributed by atoms with Gasteiger partial charge >= 0.3 is 12.1 Å². The predicted octanol–water partition coefficient (Wildman–Crippen LogP) is 4.97. The fourth-order valence-electron chi connectivity index (χ4n) is 3.28. The van der Waals surface area contributed by atoms with Crippen LogP contribution in [0.2, 0.25) is 10.0 Å². The maximum absolute atomic E-state index is 14.2. The fourth-order valence-corrected chi connectivity index (χ4v) is 3.82. The second-order valence-electron chi connectivity index (χ2n) is 7.97. The van der Waals surface area contributed by atoms with Crippen molar-refractivity contribution < 1.29 is 32.5 Å². The highest BCUT2D eigenvalue weighted by atomic mass is 35.5. The van der Waals surface area contributed by atoms with Crippen molar-refractivity contribution in [3.05, 3.63) is 62.0 Å². The lowest BCUT2D eigenvalue weighted by atomic mass is 9.78. The number of hydrogen-bond donors (Lipinski definition) is 1. The van der Waals surface area contributed by atoms with E-state index in [9.17, 15) is 27.9 Å². The van der Waals surface area contributed by atoms with E-state index >= 15 is 0 Å². The molecular weight excluding hydrogens is 486 g/mol. The molecule has 2 atom stereocenters. The van der Waals surface area contributed by atoms with Crippen LogP contribution in [-0.4, -0.2) is 34.0 Å². The van der Waals surface area contributed by atoms with Crippen LogP contribution in [0.15, 0.2) is 35.3 Å². The number of hydrogen-bond acceptors (Lipinski definition) is 5. The minimum absolute atomic E-state index is 0.0478. The molecule has 0 spiro atoms. The van der Waals surface area contributed by atoms with E-state index in [-0.39, 0.29) is 28.0 Å². The Kier molecular flexibility index (Phi) is 7.83. The van der Waals surface area contributed by atoms with Crippen molar-refractivity contribution in [3.63, 3.8) is 0 Å². The molecule has 0 aliphatic rings. The summed E-state index contributed by atoms with van der Waals surface area (Å²) in [4.78, 5) is 23.7. The van der Waals surface area contributed by atoms with Gasteiger partial charge in [-0.25, -0.2) is 4.79 Å². The van der Waals surface area contributed by atoms with E-state index in [0.717, 1.165) is 29.8 Å². The molecule has 0 saturated carbocycles. The van der Waals surface area contributed by atoms with E-state index in [1.54, 1.807) is 6.92 Å². The molecule has 182 valence electrons. The molecule has 2 unspecified atom stereocenters. The lowest BCUT2D eigenvalue weighted by Gasteiger charge is -2.37. The summed E-state index contributed by atoms with van der Waals surface area (Å²) in [5.74, 6) is -2.35. The van der Waals surface area contributed by atoms with Gasteiger partial charge in [0.25, 0.3) is 0 Å². The summed E-state index contributed by atoms with van der Waals surface area (Å²) in [6.07, 6.45) is -4.21. The summed E-state index contributed by atoms with van der Waals surface area (Å²) in [5.41, 5.74) is -6.03. The first kappa shape index (κ1) is 27.0. The van der Waals surface area contributed by atoms with Crippen LogP contribution in [0, 0.1) is 0 Å². The topological polar surface area (TPSA) is 77.8 Å². The van der Waals surface area contributed by atoms with Gasteiger partial charge in [0.1, 0.15) is 10.8 Å². The number of rotatable bonds is 7. The van der Waals surface area contributed by atoms with Gasteiger partial charge in [-0.2, -0.15) is 13.2 Å². The van der Waals surface area contributed by atoms with Crippen LogP contribution in [0.5, 0.6) is 5.75 Å². The monoisotopic (exact) mass is 509 g/mol. The molecule has 1 heterocycles. The highest BCUT2D eigenvalue weighted by Gasteiger charge is 2.59. The van der Waals surface area contributed by atoms with Crippen LogP contribution < -0.4 is 10.3 Å². The smallest absolute Gasteiger partial charge is 0.422 e. The summed E-state index contributed by atoms with van der Waals surface area (Å²) in [6, 6.07) is 4.34. The molecule has 11 heteroatoms. The Bertz CT molecular complexity index is 1100. The number of pyridine rings is 1. The first-order chi connectivity index (χ1) is 15.1. The number of carbonyl (C=O) groups excluding carboxylic acids is 1. The zero-order chi connectivity index (χ0) is 25.4. The largest absolute Gasteiger partial charge is 0.475 e. The zero-order valence-corrected chi connectivity index (χ0v) is 20.1. The second kappa shape index (κ2) is 9.56. The molecule has 0 radical (unpaired) electrons. The number of aliphatic hydroxyl groups is 1. The Balaban J connectivity index is 2.56. The van der Waals surface area contributed by atoms with Gasteiger partial charge in [0, 0.05) is 30.8 Å². The molecule has 2 aromatic rings. The molecule has 1 aromatic carbocycles. The number of aromatic nitrogens is 1. The van der Waals surface area contributed by atoms with Gasteiger partial charge in [-0.05, 0) is 38.5 Å². The average Bonchev–Trinajstić information content (AvgIpc) is 2.71. The van der Waals surface area contributed by atoms with Crippen LogP contribution >= 0.6 is 23.2 Å². The highest BCUT2D eigenvalue weighted by molar-refractivity contribution is 6.43. The van der Waals surface area contributed by atoms with Crippen molar-refractivity contribution in [2.24, 2.45) is 7.05 Å². The number of esters is 1. The molecule has 0 amide bonds. The number of aryl methyl sites for hydroxylation is 1. The van der Waals surface area contributed by atoms with Gasteiger partial charge in [0.2, 0.25) is 5.56 Å². The fraction of sp³-hybridized carbons (Fsp3) is 0.455. The predicted molar refractivity (Wildman–Crippen MR) is 118 cm³/mol. The maximum Gasteiger partial charge on any atom is 0.422 e. The third-order valence-electron chi connectivity index (χ3n) is 5.26. The van der Waals surface area contributed by atoms with E-state index in [0.29, 0.717) is 0 Å². The van der Waals surface area contributed by atoms with Crippen LogP contribution in [0.4, 0.5) is 13.2 Å². The average molecular weight is 510 g/mol. The van der Waals surface area contributed by atoms with Crippen molar-refractivity contribution in [2.45, 2.75) is 51.0 Å². The second-order valence-corrected chi connectivity index (χ2v) is 8.72. The summed E-state index contributed by atoms with van der Waals surface area (Å²) in [7, 11) is 1.27. The number of halogens is 5. The summed E-state index contributed by atoms with van der Waals surface area (Å²) in [6.45, 7) is 5.76. The van der Waals surface area contributed by atoms with Crippen LogP contribution in [0.3, 0.4) is 0 Å². The van der Waals surface area contributed by atoms with E-state index in [1.807, 2.05) is 0 Å². The Labute approximate surface area is 198 Å². The van der Waals surface area contributed by atoms with Crippen molar-refractivity contribution in [3.8, 4) is 5.75 Å². The summed E-state index contributed by atoms with van der Waals surface area (Å²) < 4.78 is 54.0. The first-order valence-corrected chi connectivity index (χ1v) is 10.6. The zero-order valence-electron chi connectivity index (χ0n) is 18.6. The van der Waals surface area contributed by atoms with Gasteiger partial charge in [-0.3, -0.25) is 4.79 Å². The molecule has 0 aliphatic carbocycles. The third-order valence-corrected chi connectivity index (χ3v) is 6.14. The van der Waals surface area contributed by atoms with E-state index in [2.05, 4.69) is 0 Å². The van der Waals surface area contributed by atoms with E-state index in [1.165, 1.54) is 33.0 Å². The van der Waals surface area contributed by atoms with Crippen molar-refractivity contribution in [2.75, 3.05) is 6.61 Å². The lowest BCUT2D eigenvalue weighted by molar-refractivity contribution is -0.274. The van der Waals surface area contributed by atoms with Crippen LogP contribution in [0.25, 0.3) is 0 Å². The van der Waals surface area contributed by atoms with E-state index in [4.69, 9.17) is 32.7 Å². The van der Waals surface area contributed by atoms with Crippen molar-refractivity contribution in [1.82, 2.24) is 4.57 Å². The standard InChI is InChI=1S/C22H24Cl2F3NO5/c1-6-32-19(30)20(3,4)33-15-9-8-14(17(23)18(15)24)12(2)21(31,22(25,26)27)13-7-10-16(29)28(5)11-13/h7-12,31H,6H2,1-5H3. The van der Waals surface area contributed by atoms with Gasteiger partial charge in [-0.15, -0.1) is 0 Å². The van der Waals surface area contributed by atoms with Gasteiger partial charge in [-0.1, -0.05) is 36.2 Å². The molecule has 6 nitrogen and oxygen atoms in total. The molecule has 0 bridgehead atoms. The number of alkyl halides is 3. The lowest BCUT2D eigenvalue weighted by Crippen LogP contribution is -2.47. The highest BCUT2D eigenvalue weighted by Crippen LogP contribution is 2.51. The van der Waals surface area contributed by atoms with E-state index < -0.39 is 40.4 Å². The third kappa shape index (κ3) is 5.15. The molecule has 33 heavy (non-hydrogen) atoms. The molecule has 0 saturated heterocycles. The minimum atomic E-state index is -5.12. The molecule has 2 rings (SSSR count). The summed E-state index contributed by atoms with van der Waals surface area (Å²) >= 11 is 12.6. The number of ether oxygens (including phenoxy) is 2. The molecule has 1 N–H and O–H groups in total. The Morgan fingerprint density at radius 1 is 1.15 bits per heavy atom. The summed E-state index contributed by atoms with van der Waals surface area (Å²) in [5, 5.41) is 10.4. The maximum atomic E-state index is 14.2.